The van der Waals surface area contributed by atoms with Gasteiger partial charge < -0.3 is 15.1 Å². The fourth-order valence-electron chi connectivity index (χ4n) is 1.93. The normalized spacial score (nSPS) is 16.2. The molecule has 0 aromatic carbocycles. The third kappa shape index (κ3) is 3.75. The van der Waals surface area contributed by atoms with Crippen molar-refractivity contribution >= 4 is 11.8 Å². The predicted octanol–water partition coefficient (Wildman–Crippen LogP) is -0.415. The minimum absolute atomic E-state index is 0.0319. The zero-order valence-corrected chi connectivity index (χ0v) is 11.0. The molecule has 1 fully saturated rings. The molecule has 0 saturated carbocycles. The van der Waals surface area contributed by atoms with Gasteiger partial charge in [0.1, 0.15) is 0 Å². The number of nitrogens with zero attached hydrogens (tertiary/aromatic N) is 3. The van der Waals surface area contributed by atoms with E-state index in [1.165, 1.54) is 0 Å². The maximum absolute atomic E-state index is 11.9. The Kier molecular flexibility index (Phi) is 4.46. The van der Waals surface area contributed by atoms with Gasteiger partial charge in [0, 0.05) is 44.1 Å². The summed E-state index contributed by atoms with van der Waals surface area (Å²) < 4.78 is 0. The van der Waals surface area contributed by atoms with Crippen molar-refractivity contribution in [3.63, 3.8) is 0 Å². The van der Waals surface area contributed by atoms with E-state index in [4.69, 9.17) is 0 Å². The van der Waals surface area contributed by atoms with Gasteiger partial charge in [0.15, 0.2) is 0 Å². The van der Waals surface area contributed by atoms with Gasteiger partial charge in [-0.25, -0.2) is 0 Å². The van der Waals surface area contributed by atoms with Crippen LogP contribution in [0.15, 0.2) is 24.5 Å². The number of amides is 2. The second-order valence-electron chi connectivity index (χ2n) is 4.60. The minimum atomic E-state index is -0.245. The zero-order chi connectivity index (χ0) is 13.7. The number of hydrogen-bond donors (Lipinski definition) is 1. The first-order valence-corrected chi connectivity index (χ1v) is 6.31. The highest BCUT2D eigenvalue weighted by Gasteiger charge is 2.19. The van der Waals surface area contributed by atoms with Gasteiger partial charge in [0.25, 0.3) is 5.91 Å². The van der Waals surface area contributed by atoms with Crippen LogP contribution in [0, 0.1) is 0 Å². The molecule has 1 aromatic heterocycles. The molecule has 6 heteroatoms. The number of piperazine rings is 1. The maximum atomic E-state index is 11.9. The van der Waals surface area contributed by atoms with Gasteiger partial charge in [-0.2, -0.15) is 0 Å². The first kappa shape index (κ1) is 13.5. The highest BCUT2D eigenvalue weighted by Crippen LogP contribution is 2.00. The predicted molar refractivity (Wildman–Crippen MR) is 70.6 cm³/mol. The summed E-state index contributed by atoms with van der Waals surface area (Å²) in [6, 6.07) is 3.24. The van der Waals surface area contributed by atoms with E-state index < -0.39 is 0 Å². The lowest BCUT2D eigenvalue weighted by molar-refractivity contribution is -0.131. The number of pyridine rings is 1. The summed E-state index contributed by atoms with van der Waals surface area (Å²) in [4.78, 5) is 31.5. The van der Waals surface area contributed by atoms with Crippen LogP contribution in [0.25, 0.3) is 0 Å². The molecule has 1 N–H and O–H groups in total. The SMILES string of the molecule is CN1CCN(C(=O)CNC(=O)c2ccncc2)CC1. The summed E-state index contributed by atoms with van der Waals surface area (Å²) in [6.07, 6.45) is 3.11. The number of carbonyl (C=O) groups is 2. The first-order valence-electron chi connectivity index (χ1n) is 6.31. The summed E-state index contributed by atoms with van der Waals surface area (Å²) in [5.74, 6) is -0.277. The van der Waals surface area contributed by atoms with Crippen molar-refractivity contribution in [1.82, 2.24) is 20.1 Å². The molecule has 0 aliphatic carbocycles. The monoisotopic (exact) mass is 262 g/mol. The standard InChI is InChI=1S/C13H18N4O2/c1-16-6-8-17(9-7-16)12(18)10-15-13(19)11-2-4-14-5-3-11/h2-5H,6-10H2,1H3,(H,15,19). The molecule has 2 rings (SSSR count). The average molecular weight is 262 g/mol. The van der Waals surface area contributed by atoms with E-state index in [1.54, 1.807) is 29.4 Å². The van der Waals surface area contributed by atoms with Crippen LogP contribution in [0.5, 0.6) is 0 Å². The smallest absolute Gasteiger partial charge is 0.251 e. The van der Waals surface area contributed by atoms with Gasteiger partial charge in [-0.3, -0.25) is 14.6 Å². The van der Waals surface area contributed by atoms with E-state index in [1.807, 2.05) is 7.05 Å². The van der Waals surface area contributed by atoms with E-state index in [0.717, 1.165) is 26.2 Å². The molecule has 19 heavy (non-hydrogen) atoms. The van der Waals surface area contributed by atoms with Gasteiger partial charge in [0.05, 0.1) is 6.54 Å². The van der Waals surface area contributed by atoms with Gasteiger partial charge in [-0.15, -0.1) is 0 Å². The average Bonchev–Trinajstić information content (AvgIpc) is 2.46. The van der Waals surface area contributed by atoms with Crippen molar-refractivity contribution in [3.05, 3.63) is 30.1 Å². The topological polar surface area (TPSA) is 65.5 Å². The van der Waals surface area contributed by atoms with Crippen LogP contribution in [0.1, 0.15) is 10.4 Å². The molecule has 1 aromatic rings. The third-order valence-corrected chi connectivity index (χ3v) is 3.20. The number of hydrogen-bond acceptors (Lipinski definition) is 4. The second kappa shape index (κ2) is 6.29. The van der Waals surface area contributed by atoms with Gasteiger partial charge in [0.2, 0.25) is 5.91 Å². The Balaban J connectivity index is 1.79. The molecule has 102 valence electrons. The molecule has 0 radical (unpaired) electrons. The van der Waals surface area contributed by atoms with Crippen LogP contribution in [0.4, 0.5) is 0 Å². The largest absolute Gasteiger partial charge is 0.343 e. The van der Waals surface area contributed by atoms with Crippen LogP contribution >= 0.6 is 0 Å². The molecule has 2 amide bonds. The quantitative estimate of drug-likeness (QED) is 0.804. The van der Waals surface area contributed by atoms with E-state index in [0.29, 0.717) is 5.56 Å². The van der Waals surface area contributed by atoms with Crippen molar-refractivity contribution in [2.75, 3.05) is 39.8 Å². The lowest BCUT2D eigenvalue weighted by Crippen LogP contribution is -2.50. The highest BCUT2D eigenvalue weighted by atomic mass is 16.2. The molecule has 0 atom stereocenters. The molecule has 2 heterocycles. The molecule has 0 spiro atoms. The molecule has 6 nitrogen and oxygen atoms in total. The Morgan fingerprint density at radius 1 is 1.21 bits per heavy atom. The van der Waals surface area contributed by atoms with Crippen LogP contribution in [0.3, 0.4) is 0 Å². The van der Waals surface area contributed by atoms with E-state index in [9.17, 15) is 9.59 Å². The third-order valence-electron chi connectivity index (χ3n) is 3.20. The lowest BCUT2D eigenvalue weighted by atomic mass is 10.2. The fourth-order valence-corrected chi connectivity index (χ4v) is 1.93. The van der Waals surface area contributed by atoms with E-state index in [2.05, 4.69) is 15.2 Å². The van der Waals surface area contributed by atoms with Crippen molar-refractivity contribution < 1.29 is 9.59 Å². The highest BCUT2D eigenvalue weighted by molar-refractivity contribution is 5.96. The van der Waals surface area contributed by atoms with E-state index >= 15 is 0 Å². The van der Waals surface area contributed by atoms with Crippen LogP contribution in [-0.2, 0) is 4.79 Å². The number of carbonyl (C=O) groups excluding carboxylic acids is 2. The van der Waals surface area contributed by atoms with Crippen LogP contribution < -0.4 is 5.32 Å². The molecule has 0 bridgehead atoms. The van der Waals surface area contributed by atoms with Crippen molar-refractivity contribution in [3.8, 4) is 0 Å². The lowest BCUT2D eigenvalue weighted by Gasteiger charge is -2.32. The summed E-state index contributed by atoms with van der Waals surface area (Å²) in [5, 5.41) is 2.64. The molecule has 1 aliphatic heterocycles. The van der Waals surface area contributed by atoms with Crippen molar-refractivity contribution in [2.45, 2.75) is 0 Å². The van der Waals surface area contributed by atoms with Gasteiger partial charge >= 0.3 is 0 Å². The summed E-state index contributed by atoms with van der Waals surface area (Å²) in [5.41, 5.74) is 0.515. The molecular formula is C13H18N4O2. The number of rotatable bonds is 3. The summed E-state index contributed by atoms with van der Waals surface area (Å²) in [6.45, 7) is 3.25. The number of aromatic nitrogens is 1. The number of likely N-dealkylation sites (N-methyl/N-ethyl adjacent to an activating group) is 1. The second-order valence-corrected chi connectivity index (χ2v) is 4.60. The van der Waals surface area contributed by atoms with Crippen molar-refractivity contribution in [1.29, 1.82) is 0 Å². The fraction of sp³-hybridized carbons (Fsp3) is 0.462. The van der Waals surface area contributed by atoms with E-state index in [-0.39, 0.29) is 18.4 Å². The van der Waals surface area contributed by atoms with Crippen LogP contribution in [-0.4, -0.2) is 66.4 Å². The van der Waals surface area contributed by atoms with Crippen molar-refractivity contribution in [2.24, 2.45) is 0 Å². The molecule has 0 unspecified atom stereocenters. The summed E-state index contributed by atoms with van der Waals surface area (Å²) in [7, 11) is 2.03. The molecule has 1 saturated heterocycles. The Bertz CT molecular complexity index is 441. The molecular weight excluding hydrogens is 244 g/mol. The Morgan fingerprint density at radius 2 is 1.84 bits per heavy atom. The van der Waals surface area contributed by atoms with Crippen LogP contribution in [0.2, 0.25) is 0 Å². The first-order chi connectivity index (χ1) is 9.16. The summed E-state index contributed by atoms with van der Waals surface area (Å²) >= 11 is 0. The number of nitrogens with one attached hydrogen (secondary N) is 1. The maximum Gasteiger partial charge on any atom is 0.251 e. The Labute approximate surface area is 112 Å². The minimum Gasteiger partial charge on any atom is -0.343 e. The molecule has 1 aliphatic rings. The Hall–Kier alpha value is -1.95. The Morgan fingerprint density at radius 3 is 2.47 bits per heavy atom. The zero-order valence-electron chi connectivity index (χ0n) is 11.0. The van der Waals surface area contributed by atoms with Gasteiger partial charge in [-0.05, 0) is 19.2 Å². The van der Waals surface area contributed by atoms with Gasteiger partial charge in [-0.1, -0.05) is 0 Å².